The minimum atomic E-state index is -0.113. The summed E-state index contributed by atoms with van der Waals surface area (Å²) in [7, 11) is 1.63. The van der Waals surface area contributed by atoms with Gasteiger partial charge in [0.2, 0.25) is 5.89 Å². The van der Waals surface area contributed by atoms with Gasteiger partial charge < -0.3 is 14.7 Å². The maximum absolute atomic E-state index is 12.0. The zero-order valence-electron chi connectivity index (χ0n) is 13.3. The summed E-state index contributed by atoms with van der Waals surface area (Å²) < 4.78 is 5.00. The first kappa shape index (κ1) is 15.4. The Morgan fingerprint density at radius 1 is 1.35 bits per heavy atom. The lowest BCUT2D eigenvalue weighted by Gasteiger charge is -2.35. The number of aromatic nitrogens is 3. The Bertz CT molecular complexity index is 678. The van der Waals surface area contributed by atoms with Crippen LogP contribution in [0.1, 0.15) is 22.1 Å². The predicted molar refractivity (Wildman–Crippen MR) is 84.2 cm³/mol. The predicted octanol–water partition coefficient (Wildman–Crippen LogP) is 0.455. The minimum Gasteiger partial charge on any atom is -0.355 e. The molecule has 3 heterocycles. The number of hydrogen-bond acceptors (Lipinski definition) is 7. The molecule has 8 heteroatoms. The molecule has 0 saturated carbocycles. The number of carbonyl (C=O) groups excluding carboxylic acids is 1. The number of nitrogens with one attached hydrogen (secondary N) is 1. The van der Waals surface area contributed by atoms with Gasteiger partial charge in [-0.2, -0.15) is 4.98 Å². The molecule has 1 saturated heterocycles. The molecular formula is C15H20N6O2. The van der Waals surface area contributed by atoms with Gasteiger partial charge in [0.25, 0.3) is 5.91 Å². The highest BCUT2D eigenvalue weighted by molar-refractivity contribution is 5.98. The lowest BCUT2D eigenvalue weighted by molar-refractivity contribution is 0.0963. The Morgan fingerprint density at radius 2 is 2.13 bits per heavy atom. The van der Waals surface area contributed by atoms with Gasteiger partial charge in [-0.15, -0.1) is 0 Å². The van der Waals surface area contributed by atoms with Gasteiger partial charge in [-0.25, -0.2) is 4.98 Å². The smallest absolute Gasteiger partial charge is 0.254 e. The third-order valence-electron chi connectivity index (χ3n) is 3.86. The van der Waals surface area contributed by atoms with Crippen molar-refractivity contribution in [2.24, 2.45) is 0 Å². The van der Waals surface area contributed by atoms with Crippen molar-refractivity contribution in [2.75, 3.05) is 38.1 Å². The zero-order chi connectivity index (χ0) is 16.2. The standard InChI is InChI=1S/C15H20N6O2/c1-11-18-13(19-23-11)10-20-6-8-21(9-7-20)14-12(15(22)16-2)4-3-5-17-14/h3-5H,6-10H2,1-2H3,(H,16,22). The summed E-state index contributed by atoms with van der Waals surface area (Å²) in [6.07, 6.45) is 1.72. The quantitative estimate of drug-likeness (QED) is 0.876. The summed E-state index contributed by atoms with van der Waals surface area (Å²) in [5, 5.41) is 6.59. The van der Waals surface area contributed by atoms with E-state index in [1.165, 1.54) is 0 Å². The van der Waals surface area contributed by atoms with E-state index >= 15 is 0 Å². The zero-order valence-corrected chi connectivity index (χ0v) is 13.3. The van der Waals surface area contributed by atoms with Crippen LogP contribution >= 0.6 is 0 Å². The van der Waals surface area contributed by atoms with Crippen molar-refractivity contribution in [1.82, 2.24) is 25.3 Å². The second-order valence-electron chi connectivity index (χ2n) is 5.45. The Labute approximate surface area is 134 Å². The Kier molecular flexibility index (Phi) is 4.52. The van der Waals surface area contributed by atoms with Gasteiger partial charge in [0.05, 0.1) is 12.1 Å². The maximum Gasteiger partial charge on any atom is 0.254 e. The van der Waals surface area contributed by atoms with Gasteiger partial charge in [-0.1, -0.05) is 5.16 Å². The summed E-state index contributed by atoms with van der Waals surface area (Å²) in [5.41, 5.74) is 0.609. The molecule has 0 bridgehead atoms. The van der Waals surface area contributed by atoms with Crippen molar-refractivity contribution in [3.05, 3.63) is 35.6 Å². The first-order valence-electron chi connectivity index (χ1n) is 7.61. The molecule has 122 valence electrons. The highest BCUT2D eigenvalue weighted by Gasteiger charge is 2.23. The van der Waals surface area contributed by atoms with E-state index in [2.05, 4.69) is 30.2 Å². The van der Waals surface area contributed by atoms with Crippen LogP contribution in [0.3, 0.4) is 0 Å². The molecule has 1 N–H and O–H groups in total. The molecule has 8 nitrogen and oxygen atoms in total. The van der Waals surface area contributed by atoms with Crippen molar-refractivity contribution in [1.29, 1.82) is 0 Å². The second kappa shape index (κ2) is 6.74. The van der Waals surface area contributed by atoms with Gasteiger partial charge in [0.15, 0.2) is 5.82 Å². The molecule has 0 aromatic carbocycles. The normalized spacial score (nSPS) is 15.7. The van der Waals surface area contributed by atoms with E-state index in [1.807, 2.05) is 0 Å². The lowest BCUT2D eigenvalue weighted by Crippen LogP contribution is -2.47. The third kappa shape index (κ3) is 3.48. The molecule has 2 aromatic rings. The molecule has 0 atom stereocenters. The topological polar surface area (TPSA) is 87.4 Å². The molecule has 0 radical (unpaired) electrons. The van der Waals surface area contributed by atoms with Gasteiger partial charge in [0, 0.05) is 46.3 Å². The molecule has 2 aromatic heterocycles. The molecular weight excluding hydrogens is 296 g/mol. The van der Waals surface area contributed by atoms with Gasteiger partial charge in [0.1, 0.15) is 5.82 Å². The van der Waals surface area contributed by atoms with Gasteiger partial charge in [-0.05, 0) is 12.1 Å². The number of hydrogen-bond donors (Lipinski definition) is 1. The fourth-order valence-corrected chi connectivity index (χ4v) is 2.68. The van der Waals surface area contributed by atoms with Crippen LogP contribution in [-0.2, 0) is 6.54 Å². The van der Waals surface area contributed by atoms with Crippen molar-refractivity contribution in [2.45, 2.75) is 13.5 Å². The lowest BCUT2D eigenvalue weighted by atomic mass is 10.2. The number of aryl methyl sites for hydroxylation is 1. The Morgan fingerprint density at radius 3 is 2.78 bits per heavy atom. The summed E-state index contributed by atoms with van der Waals surface area (Å²) in [6.45, 7) is 5.79. The van der Waals surface area contributed by atoms with Crippen LogP contribution in [-0.4, -0.2) is 59.2 Å². The third-order valence-corrected chi connectivity index (χ3v) is 3.86. The molecule has 0 spiro atoms. The fourth-order valence-electron chi connectivity index (χ4n) is 2.68. The summed E-state index contributed by atoms with van der Waals surface area (Å²) in [4.78, 5) is 25.0. The Hall–Kier alpha value is -2.48. The SMILES string of the molecule is CNC(=O)c1cccnc1N1CCN(Cc2noc(C)n2)CC1. The molecule has 3 rings (SSSR count). The van der Waals surface area contributed by atoms with E-state index in [1.54, 1.807) is 32.3 Å². The van der Waals surface area contributed by atoms with Crippen LogP contribution in [0, 0.1) is 6.92 Å². The number of amides is 1. The van der Waals surface area contributed by atoms with E-state index < -0.39 is 0 Å². The summed E-state index contributed by atoms with van der Waals surface area (Å²) in [6, 6.07) is 3.58. The monoisotopic (exact) mass is 316 g/mol. The first-order chi connectivity index (χ1) is 11.2. The number of nitrogens with zero attached hydrogens (tertiary/aromatic N) is 5. The van der Waals surface area contributed by atoms with Crippen LogP contribution in [0.2, 0.25) is 0 Å². The molecule has 23 heavy (non-hydrogen) atoms. The van der Waals surface area contributed by atoms with Gasteiger partial charge in [-0.3, -0.25) is 9.69 Å². The van der Waals surface area contributed by atoms with E-state index in [4.69, 9.17) is 4.52 Å². The summed E-state index contributed by atoms with van der Waals surface area (Å²) in [5.74, 6) is 1.92. The molecule has 1 aliphatic rings. The largest absolute Gasteiger partial charge is 0.355 e. The van der Waals surface area contributed by atoms with Crippen LogP contribution < -0.4 is 10.2 Å². The van der Waals surface area contributed by atoms with Crippen LogP contribution in [0.5, 0.6) is 0 Å². The molecule has 1 fully saturated rings. The van der Waals surface area contributed by atoms with E-state index in [0.29, 0.717) is 23.8 Å². The number of rotatable bonds is 4. The van der Waals surface area contributed by atoms with Crippen LogP contribution in [0.25, 0.3) is 0 Å². The number of carbonyl (C=O) groups is 1. The van der Waals surface area contributed by atoms with Crippen molar-refractivity contribution in [3.8, 4) is 0 Å². The van der Waals surface area contributed by atoms with Crippen LogP contribution in [0.4, 0.5) is 5.82 Å². The maximum atomic E-state index is 12.0. The van der Waals surface area contributed by atoms with E-state index in [9.17, 15) is 4.79 Å². The van der Waals surface area contributed by atoms with Crippen molar-refractivity contribution in [3.63, 3.8) is 0 Å². The average Bonchev–Trinajstić information content (AvgIpc) is 3.00. The Balaban J connectivity index is 1.64. The molecule has 0 unspecified atom stereocenters. The molecule has 1 amide bonds. The number of anilines is 1. The minimum absolute atomic E-state index is 0.113. The first-order valence-corrected chi connectivity index (χ1v) is 7.61. The number of piperazine rings is 1. The van der Waals surface area contributed by atoms with Gasteiger partial charge >= 0.3 is 0 Å². The highest BCUT2D eigenvalue weighted by atomic mass is 16.5. The van der Waals surface area contributed by atoms with Crippen LogP contribution in [0.15, 0.2) is 22.9 Å². The van der Waals surface area contributed by atoms with Crippen molar-refractivity contribution >= 4 is 11.7 Å². The number of pyridine rings is 1. The molecule has 0 aliphatic carbocycles. The fraction of sp³-hybridized carbons (Fsp3) is 0.467. The van der Waals surface area contributed by atoms with E-state index in [-0.39, 0.29) is 5.91 Å². The van der Waals surface area contributed by atoms with Crippen molar-refractivity contribution < 1.29 is 9.32 Å². The van der Waals surface area contributed by atoms with E-state index in [0.717, 1.165) is 32.0 Å². The molecule has 1 aliphatic heterocycles. The second-order valence-corrected chi connectivity index (χ2v) is 5.45. The summed E-state index contributed by atoms with van der Waals surface area (Å²) >= 11 is 0. The highest BCUT2D eigenvalue weighted by Crippen LogP contribution is 2.19. The average molecular weight is 316 g/mol.